The van der Waals surface area contributed by atoms with Gasteiger partial charge in [-0.15, -0.1) is 0 Å². The molecule has 0 radical (unpaired) electrons. The van der Waals surface area contributed by atoms with Gasteiger partial charge < -0.3 is 51.5 Å². The summed E-state index contributed by atoms with van der Waals surface area (Å²) in [7, 11) is 2.05. The summed E-state index contributed by atoms with van der Waals surface area (Å²) in [5.74, 6) is 5.62. The van der Waals surface area contributed by atoms with E-state index in [1.807, 2.05) is 129 Å². The van der Waals surface area contributed by atoms with Gasteiger partial charge in [-0.2, -0.15) is 0 Å². The highest BCUT2D eigenvalue weighted by Gasteiger charge is 2.45. The van der Waals surface area contributed by atoms with Crippen LogP contribution in [0.3, 0.4) is 0 Å². The molecule has 23 aromatic rings. The van der Waals surface area contributed by atoms with Gasteiger partial charge in [-0.05, 0) is 264 Å². The molecule has 5 aliphatic heterocycles. The normalized spacial score (nSPS) is 16.1. The van der Waals surface area contributed by atoms with Gasteiger partial charge in [0.05, 0.1) is 51.2 Å². The Hall–Kier alpha value is -17.5. The lowest BCUT2D eigenvalue weighted by atomic mass is 10.1. The molecule has 0 saturated heterocycles. The largest absolute Gasteiger partial charge is 0.454 e. The number of aryl methyl sites for hydroxylation is 9. The molecule has 0 fully saturated rings. The summed E-state index contributed by atoms with van der Waals surface area (Å²) in [5, 5.41) is 11.4. The average molecular weight is 1920 g/mol. The Morgan fingerprint density at radius 2 is 0.500 bits per heavy atom. The van der Waals surface area contributed by atoms with Crippen LogP contribution in [0.15, 0.2) is 357 Å². The summed E-state index contributed by atoms with van der Waals surface area (Å²) >= 11 is 0. The standard InChI is InChI=1S/2C28H25N3O.C26H21N3O.C23H23N3O.C20H18N4O/c1-17-9-7-10-18(2)25(17)30-20(4)31(28-23(30)12-8-16-29-28)26-19(3)14-15-22-21-11-5-6-13-24(21)32-27(22)26;1-17-14-18(2)16-21(15-17)30-20(4)31(28-24(30)9-7-13-29-28)26-19(3)11-12-23-22-8-5-6-10-25(22)32-27(23)26;1-17-14-15-21-20-11-6-7-13-23(20)30-25(21)24(17)29-18(2)28(19-9-4-3-5-10-19)22-12-8-16-27-26(22)29;1-14(2)25-16(4)26(23-19(25)9-7-13-24-23)21-15(3)11-12-18-17-8-5-6-10-20(17)27-22(18)21;1-12-8-9-15-14-6-4-5-7-16(14)25-18(15)17(12)24-13(2)23(3)19-20(24)22-11-10-21-19/h2*5-16,20H,1-4H3;3-16,18H,1-2H3;5-14,16H,1-4H3;4-11,13H,1-3H3/t2*20-;18-;16-;13-/m11111/s1. The first kappa shape index (κ1) is 91.0. The zero-order valence-electron chi connectivity index (χ0n) is 84.9. The molecule has 0 aliphatic carbocycles. The molecule has 722 valence electrons. The number of pyridine rings is 4. The summed E-state index contributed by atoms with van der Waals surface area (Å²) < 4.78 is 31.9. The van der Waals surface area contributed by atoms with Gasteiger partial charge in [0.15, 0.2) is 62.8 Å². The number of para-hydroxylation sites is 7. The minimum absolute atomic E-state index is 0.0391. The minimum Gasteiger partial charge on any atom is -0.454 e. The molecule has 10 aromatic heterocycles. The highest BCUT2D eigenvalue weighted by atomic mass is 16.3. The molecule has 21 heteroatoms. The second-order valence-electron chi connectivity index (χ2n) is 39.3. The van der Waals surface area contributed by atoms with Crippen LogP contribution in [0.2, 0.25) is 0 Å². The topological polar surface area (TPSA) is 175 Å². The fourth-order valence-electron chi connectivity index (χ4n) is 23.2. The maximum absolute atomic E-state index is 6.44. The molecule has 0 N–H and O–H groups in total. The minimum atomic E-state index is 0.0391. The Bertz CT molecular complexity index is 9030. The monoisotopic (exact) mass is 1920 g/mol. The highest BCUT2D eigenvalue weighted by molar-refractivity contribution is 6.16. The Kier molecular flexibility index (Phi) is 22.6. The molecule has 5 aliphatic rings. The summed E-state index contributed by atoms with van der Waals surface area (Å²) in [4.78, 5) is 51.5. The van der Waals surface area contributed by atoms with Crippen LogP contribution in [0, 0.1) is 62.3 Å². The summed E-state index contributed by atoms with van der Waals surface area (Å²) in [6.45, 7) is 34.9. The van der Waals surface area contributed by atoms with E-state index in [1.165, 1.54) is 61.6 Å². The van der Waals surface area contributed by atoms with E-state index in [9.17, 15) is 0 Å². The third kappa shape index (κ3) is 14.8. The number of anilines is 18. The smallest absolute Gasteiger partial charge is 0.178 e. The third-order valence-corrected chi connectivity index (χ3v) is 29.8. The summed E-state index contributed by atoms with van der Waals surface area (Å²) in [5.41, 5.74) is 33.5. The van der Waals surface area contributed by atoms with Crippen molar-refractivity contribution in [2.75, 3.05) is 56.0 Å². The zero-order chi connectivity index (χ0) is 100. The van der Waals surface area contributed by atoms with Crippen molar-refractivity contribution in [1.29, 1.82) is 0 Å². The number of rotatable bonds is 9. The molecule has 28 rings (SSSR count). The maximum atomic E-state index is 6.44. The Morgan fingerprint density at radius 1 is 0.219 bits per heavy atom. The van der Waals surface area contributed by atoms with E-state index in [0.717, 1.165) is 201 Å². The van der Waals surface area contributed by atoms with Crippen LogP contribution in [0.5, 0.6) is 0 Å². The van der Waals surface area contributed by atoms with Gasteiger partial charge in [0.2, 0.25) is 0 Å². The number of aromatic nitrogens is 6. The first-order valence-corrected chi connectivity index (χ1v) is 50.3. The molecule has 0 bridgehead atoms. The number of furan rings is 5. The lowest BCUT2D eigenvalue weighted by Crippen LogP contribution is -2.42. The fourth-order valence-corrected chi connectivity index (χ4v) is 23.2. The first-order chi connectivity index (χ1) is 71.1. The Morgan fingerprint density at radius 3 is 0.856 bits per heavy atom. The van der Waals surface area contributed by atoms with Crippen molar-refractivity contribution in [3.63, 3.8) is 0 Å². The quantitative estimate of drug-likeness (QED) is 0.133. The molecule has 15 heterocycles. The van der Waals surface area contributed by atoms with Gasteiger partial charge in [0.1, 0.15) is 58.7 Å². The number of fused-ring (bicyclic) bond motifs is 20. The van der Waals surface area contributed by atoms with Crippen molar-refractivity contribution in [2.24, 2.45) is 0 Å². The molecular formula is C125H112N16O5. The van der Waals surface area contributed by atoms with Gasteiger partial charge in [0.25, 0.3) is 0 Å². The second kappa shape index (κ2) is 36.2. The zero-order valence-corrected chi connectivity index (χ0v) is 84.9. The fraction of sp³-hybridized carbons (Fsp3) is 0.184. The van der Waals surface area contributed by atoms with Crippen molar-refractivity contribution in [3.05, 3.63) is 385 Å². The number of hydrogen-bond donors (Lipinski definition) is 0. The van der Waals surface area contributed by atoms with E-state index in [0.29, 0.717) is 6.04 Å². The predicted molar refractivity (Wildman–Crippen MR) is 600 cm³/mol. The van der Waals surface area contributed by atoms with Crippen molar-refractivity contribution >= 4 is 213 Å². The van der Waals surface area contributed by atoms with Crippen LogP contribution in [-0.2, 0) is 0 Å². The lowest BCUT2D eigenvalue weighted by molar-refractivity contribution is 0.602. The van der Waals surface area contributed by atoms with Crippen LogP contribution in [0.4, 0.5) is 103 Å². The number of nitrogens with zero attached hydrogens (tertiary/aromatic N) is 16. The molecule has 21 nitrogen and oxygen atoms in total. The number of benzene rings is 13. The third-order valence-electron chi connectivity index (χ3n) is 29.8. The van der Waals surface area contributed by atoms with Crippen molar-refractivity contribution < 1.29 is 22.1 Å². The highest BCUT2D eigenvalue weighted by Crippen LogP contribution is 2.57. The molecule has 13 aromatic carbocycles. The van der Waals surface area contributed by atoms with E-state index in [-0.39, 0.29) is 30.8 Å². The SMILES string of the molecule is Cc1cc(C)cc(N2c3cccnc3N(c3c(C)ccc4c3oc3ccccc34)[C@@H]2C)c1.Cc1ccc2c(oc3ccccc32)c1N1c2ncccc2N(C(C)C)[C@H]1C.Cc1ccc2c(oc3ccccc32)c1N1c2ncccc2N(c2ccccc2)[C@H]1C.Cc1ccc2c(oc3ccccc32)c1N1c2nccnc2N(C)[C@H]1C.Cc1cccc(C)c1N1c2cccnc2N(c2c(C)ccc3c2oc2ccccc23)[C@@H]1C. The van der Waals surface area contributed by atoms with Crippen molar-refractivity contribution in [3.8, 4) is 0 Å². The lowest BCUT2D eigenvalue weighted by Gasteiger charge is -2.33. The average Bonchev–Trinajstić information content (AvgIpc) is 1.58. The van der Waals surface area contributed by atoms with E-state index in [2.05, 4.69) is 370 Å². The van der Waals surface area contributed by atoms with Gasteiger partial charge in [-0.3, -0.25) is 19.6 Å². The molecule has 0 saturated carbocycles. The van der Waals surface area contributed by atoms with Gasteiger partial charge >= 0.3 is 0 Å². The van der Waals surface area contributed by atoms with Crippen LogP contribution in [0.25, 0.3) is 110 Å². The van der Waals surface area contributed by atoms with Gasteiger partial charge in [-0.25, -0.2) is 29.9 Å². The van der Waals surface area contributed by atoms with Gasteiger partial charge in [-0.1, -0.05) is 194 Å². The Balaban J connectivity index is 0.0000000981. The Labute approximate surface area is 847 Å². The summed E-state index contributed by atoms with van der Waals surface area (Å²) in [6, 6.07) is 104. The predicted octanol–water partition coefficient (Wildman–Crippen LogP) is 32.6. The molecule has 0 amide bonds. The molecule has 5 atom stereocenters. The molecule has 0 unspecified atom stereocenters. The van der Waals surface area contributed by atoms with Crippen LogP contribution in [-0.4, -0.2) is 73.8 Å². The molecule has 146 heavy (non-hydrogen) atoms. The number of hydrogen-bond acceptors (Lipinski definition) is 21. The van der Waals surface area contributed by atoms with Crippen LogP contribution >= 0.6 is 0 Å². The van der Waals surface area contributed by atoms with Gasteiger partial charge in [0, 0.05) is 121 Å². The molecule has 0 spiro atoms. The van der Waals surface area contributed by atoms with Crippen molar-refractivity contribution in [2.45, 2.75) is 148 Å². The summed E-state index contributed by atoms with van der Waals surface area (Å²) in [6.07, 6.45) is 11.4. The van der Waals surface area contributed by atoms with E-state index < -0.39 is 0 Å². The van der Waals surface area contributed by atoms with Crippen LogP contribution in [0.1, 0.15) is 98.5 Å². The van der Waals surface area contributed by atoms with Crippen LogP contribution < -0.4 is 49.0 Å². The van der Waals surface area contributed by atoms with E-state index in [1.54, 1.807) is 12.4 Å². The maximum Gasteiger partial charge on any atom is 0.178 e. The molecular weight excluding hydrogens is 1810 g/mol. The van der Waals surface area contributed by atoms with E-state index in [4.69, 9.17) is 42.0 Å². The first-order valence-electron chi connectivity index (χ1n) is 50.3. The van der Waals surface area contributed by atoms with Crippen molar-refractivity contribution in [1.82, 2.24) is 29.9 Å². The van der Waals surface area contributed by atoms with E-state index >= 15 is 0 Å². The second-order valence-corrected chi connectivity index (χ2v) is 39.3.